The summed E-state index contributed by atoms with van der Waals surface area (Å²) in [6.45, 7) is 4.91. The van der Waals surface area contributed by atoms with Crippen molar-refractivity contribution in [2.45, 2.75) is 32.7 Å². The van der Waals surface area contributed by atoms with Crippen molar-refractivity contribution in [3.8, 4) is 0 Å². The smallest absolute Gasteiger partial charge is 0.227 e. The maximum atomic E-state index is 12.8. The summed E-state index contributed by atoms with van der Waals surface area (Å²) >= 11 is 6.20. The largest absolute Gasteiger partial charge is 0.398 e. The number of carbonyl (C=O) groups is 1. The van der Waals surface area contributed by atoms with E-state index in [2.05, 4.69) is 32.0 Å². The average Bonchev–Trinajstić information content (AvgIpc) is 2.52. The van der Waals surface area contributed by atoms with Gasteiger partial charge in [-0.2, -0.15) is 0 Å². The van der Waals surface area contributed by atoms with Crippen molar-refractivity contribution in [1.29, 1.82) is 0 Å². The average molecular weight is 329 g/mol. The Morgan fingerprint density at radius 3 is 2.87 bits per heavy atom. The van der Waals surface area contributed by atoms with E-state index < -0.39 is 0 Å². The third kappa shape index (κ3) is 3.06. The van der Waals surface area contributed by atoms with Gasteiger partial charge in [-0.05, 0) is 43.5 Å². The topological polar surface area (TPSA) is 46.3 Å². The van der Waals surface area contributed by atoms with Gasteiger partial charge >= 0.3 is 0 Å². The van der Waals surface area contributed by atoms with Crippen LogP contribution in [0.4, 0.5) is 5.69 Å². The molecule has 0 aliphatic carbocycles. The molecule has 0 unspecified atom stereocenters. The standard InChI is InChI=1S/C19H21ClN2O/c1-12-6-7-14-8-9-22(13(2)15(14)10-12)19(23)11-16-17(20)4-3-5-18(16)21/h3-7,10,13H,8-9,11,21H2,1-2H3/t13-/m0/s1. The lowest BCUT2D eigenvalue weighted by Crippen LogP contribution is -2.39. The Hall–Kier alpha value is -2.00. The van der Waals surface area contributed by atoms with Gasteiger partial charge in [-0.1, -0.05) is 41.4 Å². The van der Waals surface area contributed by atoms with Crippen molar-refractivity contribution in [2.24, 2.45) is 0 Å². The highest BCUT2D eigenvalue weighted by Crippen LogP contribution is 2.31. The van der Waals surface area contributed by atoms with Gasteiger partial charge in [0.2, 0.25) is 5.91 Å². The quantitative estimate of drug-likeness (QED) is 0.849. The maximum absolute atomic E-state index is 12.8. The number of benzene rings is 2. The molecule has 23 heavy (non-hydrogen) atoms. The second kappa shape index (κ2) is 6.25. The first-order valence-corrected chi connectivity index (χ1v) is 8.27. The van der Waals surface area contributed by atoms with Crippen molar-refractivity contribution in [3.63, 3.8) is 0 Å². The first kappa shape index (κ1) is 15.9. The highest BCUT2D eigenvalue weighted by molar-refractivity contribution is 6.32. The Morgan fingerprint density at radius 1 is 1.35 bits per heavy atom. The van der Waals surface area contributed by atoms with Crippen molar-refractivity contribution in [1.82, 2.24) is 4.90 Å². The SMILES string of the molecule is Cc1ccc2c(c1)[C@H](C)N(C(=O)Cc1c(N)cccc1Cl)CC2. The Bertz CT molecular complexity index is 737. The maximum Gasteiger partial charge on any atom is 0.227 e. The summed E-state index contributed by atoms with van der Waals surface area (Å²) in [6, 6.07) is 11.9. The van der Waals surface area contributed by atoms with Crippen LogP contribution in [0.1, 0.15) is 35.2 Å². The molecule has 3 nitrogen and oxygen atoms in total. The molecule has 0 saturated carbocycles. The highest BCUT2D eigenvalue weighted by atomic mass is 35.5. The molecule has 1 atom stereocenters. The van der Waals surface area contributed by atoms with E-state index in [1.807, 2.05) is 4.90 Å². The van der Waals surface area contributed by atoms with Crippen LogP contribution in [-0.4, -0.2) is 17.4 Å². The van der Waals surface area contributed by atoms with Crippen LogP contribution in [-0.2, 0) is 17.6 Å². The van der Waals surface area contributed by atoms with Crippen LogP contribution in [0.3, 0.4) is 0 Å². The van der Waals surface area contributed by atoms with Crippen molar-refractivity contribution in [3.05, 3.63) is 63.7 Å². The summed E-state index contributed by atoms with van der Waals surface area (Å²) in [7, 11) is 0. The summed E-state index contributed by atoms with van der Waals surface area (Å²) in [4.78, 5) is 14.7. The fraction of sp³-hybridized carbons (Fsp3) is 0.316. The van der Waals surface area contributed by atoms with Crippen LogP contribution in [0.15, 0.2) is 36.4 Å². The molecule has 1 aliphatic rings. The second-order valence-corrected chi connectivity index (χ2v) is 6.61. The van der Waals surface area contributed by atoms with Gasteiger partial charge in [0.15, 0.2) is 0 Å². The monoisotopic (exact) mass is 328 g/mol. The summed E-state index contributed by atoms with van der Waals surface area (Å²) < 4.78 is 0. The number of nitrogens with zero attached hydrogens (tertiary/aromatic N) is 1. The molecule has 0 saturated heterocycles. The van der Waals surface area contributed by atoms with E-state index in [-0.39, 0.29) is 18.4 Å². The lowest BCUT2D eigenvalue weighted by molar-refractivity contribution is -0.133. The van der Waals surface area contributed by atoms with Gasteiger partial charge in [-0.25, -0.2) is 0 Å². The van der Waals surface area contributed by atoms with Crippen molar-refractivity contribution >= 4 is 23.2 Å². The normalized spacial score (nSPS) is 17.0. The van der Waals surface area contributed by atoms with Gasteiger partial charge in [0.25, 0.3) is 0 Å². The molecule has 1 aliphatic heterocycles. The second-order valence-electron chi connectivity index (χ2n) is 6.20. The predicted octanol–water partition coefficient (Wildman–Crippen LogP) is 3.92. The number of carbonyl (C=O) groups excluding carboxylic acids is 1. The van der Waals surface area contributed by atoms with Crippen LogP contribution in [0.2, 0.25) is 5.02 Å². The molecule has 120 valence electrons. The molecule has 0 fully saturated rings. The fourth-order valence-corrected chi connectivity index (χ4v) is 3.54. The van der Waals surface area contributed by atoms with Crippen LogP contribution < -0.4 is 5.73 Å². The highest BCUT2D eigenvalue weighted by Gasteiger charge is 2.28. The van der Waals surface area contributed by atoms with E-state index in [0.29, 0.717) is 10.7 Å². The molecule has 2 N–H and O–H groups in total. The number of rotatable bonds is 2. The van der Waals surface area contributed by atoms with Crippen LogP contribution in [0, 0.1) is 6.92 Å². The number of nitrogen functional groups attached to an aromatic ring is 1. The Balaban J connectivity index is 1.84. The first-order valence-electron chi connectivity index (χ1n) is 7.89. The molecule has 0 aromatic heterocycles. The molecule has 4 heteroatoms. The number of halogens is 1. The van der Waals surface area contributed by atoms with E-state index in [4.69, 9.17) is 17.3 Å². The number of aryl methyl sites for hydroxylation is 1. The molecule has 3 rings (SSSR count). The van der Waals surface area contributed by atoms with Crippen molar-refractivity contribution < 1.29 is 4.79 Å². The third-order valence-corrected chi connectivity index (χ3v) is 5.00. The summed E-state index contributed by atoms with van der Waals surface area (Å²) in [6.07, 6.45) is 1.14. The van der Waals surface area contributed by atoms with E-state index >= 15 is 0 Å². The molecule has 2 aromatic carbocycles. The van der Waals surface area contributed by atoms with Gasteiger partial charge in [-0.15, -0.1) is 0 Å². The number of anilines is 1. The third-order valence-electron chi connectivity index (χ3n) is 4.64. The summed E-state index contributed by atoms with van der Waals surface area (Å²) in [5.41, 5.74) is 11.1. The Morgan fingerprint density at radius 2 is 2.13 bits per heavy atom. The summed E-state index contributed by atoms with van der Waals surface area (Å²) in [5, 5.41) is 0.555. The molecular formula is C19H21ClN2O. The molecule has 1 heterocycles. The minimum atomic E-state index is 0.0736. The lowest BCUT2D eigenvalue weighted by Gasteiger charge is -2.35. The van der Waals surface area contributed by atoms with E-state index in [9.17, 15) is 4.79 Å². The van der Waals surface area contributed by atoms with Crippen LogP contribution >= 0.6 is 11.6 Å². The Labute approximate surface area is 142 Å². The first-order chi connectivity index (χ1) is 11.0. The van der Waals surface area contributed by atoms with Crippen LogP contribution in [0.5, 0.6) is 0 Å². The van der Waals surface area contributed by atoms with Gasteiger partial charge in [0.1, 0.15) is 0 Å². The molecule has 0 radical (unpaired) electrons. The van der Waals surface area contributed by atoms with Crippen LogP contribution in [0.25, 0.3) is 0 Å². The number of hydrogen-bond acceptors (Lipinski definition) is 2. The Kier molecular flexibility index (Phi) is 4.31. The van der Waals surface area contributed by atoms with Gasteiger partial charge in [-0.3, -0.25) is 4.79 Å². The number of fused-ring (bicyclic) bond motifs is 1. The van der Waals surface area contributed by atoms with Gasteiger partial charge < -0.3 is 10.6 Å². The van der Waals surface area contributed by atoms with Crippen molar-refractivity contribution in [2.75, 3.05) is 12.3 Å². The number of hydrogen-bond donors (Lipinski definition) is 1. The molecular weight excluding hydrogens is 308 g/mol. The molecule has 2 aromatic rings. The van der Waals surface area contributed by atoms with E-state index in [0.717, 1.165) is 18.5 Å². The predicted molar refractivity (Wildman–Crippen MR) is 94.6 cm³/mol. The zero-order valence-corrected chi connectivity index (χ0v) is 14.2. The minimum Gasteiger partial charge on any atom is -0.398 e. The van der Waals surface area contributed by atoms with Gasteiger partial charge in [0, 0.05) is 22.8 Å². The number of nitrogens with two attached hydrogens (primary N) is 1. The van der Waals surface area contributed by atoms with E-state index in [1.165, 1.54) is 16.7 Å². The minimum absolute atomic E-state index is 0.0736. The zero-order valence-electron chi connectivity index (χ0n) is 13.5. The summed E-state index contributed by atoms with van der Waals surface area (Å²) in [5.74, 6) is 0.0736. The molecule has 0 spiro atoms. The zero-order chi connectivity index (χ0) is 16.6. The molecule has 0 bridgehead atoms. The molecule has 1 amide bonds. The fourth-order valence-electron chi connectivity index (χ4n) is 3.29. The van der Waals surface area contributed by atoms with Gasteiger partial charge in [0.05, 0.1) is 12.5 Å². The van der Waals surface area contributed by atoms with E-state index in [1.54, 1.807) is 18.2 Å². The number of amides is 1. The lowest BCUT2D eigenvalue weighted by atomic mass is 9.91.